The fraction of sp³-hybridized carbons (Fsp3) is 0.611. The van der Waals surface area contributed by atoms with E-state index in [0.717, 1.165) is 25.7 Å². The van der Waals surface area contributed by atoms with Gasteiger partial charge in [0.15, 0.2) is 0 Å². The topological polar surface area (TPSA) is 49.8 Å². The SMILES string of the molecule is COCC1(c2ccccc2)CN(C(=O)CC2(O)CCCC2)C1. The minimum atomic E-state index is -0.761. The summed E-state index contributed by atoms with van der Waals surface area (Å²) in [6.45, 7) is 1.98. The molecule has 1 aliphatic carbocycles. The van der Waals surface area contributed by atoms with Crippen molar-refractivity contribution >= 4 is 5.91 Å². The number of benzene rings is 1. The van der Waals surface area contributed by atoms with Gasteiger partial charge in [-0.3, -0.25) is 4.79 Å². The number of carbonyl (C=O) groups is 1. The van der Waals surface area contributed by atoms with Crippen LogP contribution in [0, 0.1) is 0 Å². The van der Waals surface area contributed by atoms with Gasteiger partial charge in [-0.1, -0.05) is 43.2 Å². The minimum Gasteiger partial charge on any atom is -0.389 e. The molecule has 0 atom stereocenters. The van der Waals surface area contributed by atoms with Crippen LogP contribution >= 0.6 is 0 Å². The average Bonchev–Trinajstić information content (AvgIpc) is 2.89. The van der Waals surface area contributed by atoms with E-state index in [-0.39, 0.29) is 17.7 Å². The second-order valence-corrected chi connectivity index (χ2v) is 6.94. The Labute approximate surface area is 132 Å². The number of ether oxygens (including phenoxy) is 1. The zero-order valence-electron chi connectivity index (χ0n) is 13.3. The number of hydrogen-bond donors (Lipinski definition) is 1. The highest BCUT2D eigenvalue weighted by molar-refractivity contribution is 5.79. The molecule has 1 aromatic rings. The summed E-state index contributed by atoms with van der Waals surface area (Å²) in [5.41, 5.74) is 0.369. The summed E-state index contributed by atoms with van der Waals surface area (Å²) in [6.07, 6.45) is 3.84. The summed E-state index contributed by atoms with van der Waals surface area (Å²) in [6, 6.07) is 10.3. The third-order valence-corrected chi connectivity index (χ3v) is 5.16. The van der Waals surface area contributed by atoms with Gasteiger partial charge in [0.25, 0.3) is 0 Å². The number of nitrogens with zero attached hydrogens (tertiary/aromatic N) is 1. The lowest BCUT2D eigenvalue weighted by atomic mass is 9.74. The lowest BCUT2D eigenvalue weighted by Gasteiger charge is -2.50. The van der Waals surface area contributed by atoms with Crippen LogP contribution in [0.3, 0.4) is 0 Å². The van der Waals surface area contributed by atoms with Gasteiger partial charge < -0.3 is 14.7 Å². The first-order valence-electron chi connectivity index (χ1n) is 8.12. The normalized spacial score (nSPS) is 22.4. The van der Waals surface area contributed by atoms with Gasteiger partial charge >= 0.3 is 0 Å². The standard InChI is InChI=1S/C18H25NO3/c1-22-14-17(15-7-3-2-4-8-15)12-19(13-17)16(20)11-18(21)9-5-6-10-18/h2-4,7-8,21H,5-6,9-14H2,1H3. The molecule has 4 nitrogen and oxygen atoms in total. The number of methoxy groups -OCH3 is 1. The fourth-order valence-electron chi connectivity index (χ4n) is 3.89. The molecule has 22 heavy (non-hydrogen) atoms. The van der Waals surface area contributed by atoms with Crippen LogP contribution in [0.4, 0.5) is 0 Å². The van der Waals surface area contributed by atoms with Gasteiger partial charge in [0.1, 0.15) is 0 Å². The van der Waals surface area contributed by atoms with E-state index in [1.54, 1.807) is 7.11 Å². The molecular weight excluding hydrogens is 278 g/mol. The first-order chi connectivity index (χ1) is 10.6. The van der Waals surface area contributed by atoms with E-state index in [9.17, 15) is 9.90 Å². The van der Waals surface area contributed by atoms with Crippen molar-refractivity contribution in [3.63, 3.8) is 0 Å². The molecule has 4 heteroatoms. The molecular formula is C18H25NO3. The second-order valence-electron chi connectivity index (χ2n) is 6.94. The maximum Gasteiger partial charge on any atom is 0.225 e. The maximum atomic E-state index is 12.4. The quantitative estimate of drug-likeness (QED) is 0.906. The van der Waals surface area contributed by atoms with Gasteiger partial charge in [-0.2, -0.15) is 0 Å². The molecule has 2 aliphatic rings. The van der Waals surface area contributed by atoms with E-state index in [2.05, 4.69) is 12.1 Å². The van der Waals surface area contributed by atoms with Gasteiger partial charge in [-0.15, -0.1) is 0 Å². The fourth-order valence-corrected chi connectivity index (χ4v) is 3.89. The van der Waals surface area contributed by atoms with Crippen LogP contribution in [0.5, 0.6) is 0 Å². The highest BCUT2D eigenvalue weighted by Crippen LogP contribution is 2.38. The van der Waals surface area contributed by atoms with Crippen molar-refractivity contribution in [2.45, 2.75) is 43.1 Å². The Hall–Kier alpha value is -1.39. The molecule has 0 aromatic heterocycles. The van der Waals surface area contributed by atoms with Gasteiger partial charge in [0.2, 0.25) is 5.91 Å². The largest absolute Gasteiger partial charge is 0.389 e. The molecule has 1 saturated heterocycles. The van der Waals surface area contributed by atoms with Gasteiger partial charge in [-0.05, 0) is 18.4 Å². The van der Waals surface area contributed by atoms with E-state index >= 15 is 0 Å². The van der Waals surface area contributed by atoms with Crippen molar-refractivity contribution < 1.29 is 14.6 Å². The Bertz CT molecular complexity index is 516. The summed E-state index contributed by atoms with van der Waals surface area (Å²) < 4.78 is 5.40. The average molecular weight is 303 g/mol. The lowest BCUT2D eigenvalue weighted by Crippen LogP contribution is -2.63. The van der Waals surface area contributed by atoms with E-state index in [1.807, 2.05) is 23.1 Å². The third kappa shape index (κ3) is 2.90. The van der Waals surface area contributed by atoms with Crippen LogP contribution in [0.2, 0.25) is 0 Å². The van der Waals surface area contributed by atoms with Crippen LogP contribution in [-0.4, -0.2) is 48.3 Å². The molecule has 1 aromatic carbocycles. The predicted octanol–water partition coefficient (Wildman–Crippen LogP) is 2.11. The minimum absolute atomic E-state index is 0.0760. The zero-order valence-corrected chi connectivity index (χ0v) is 13.3. The molecule has 1 aliphatic heterocycles. The molecule has 120 valence electrons. The van der Waals surface area contributed by atoms with E-state index in [0.29, 0.717) is 19.7 Å². The molecule has 0 radical (unpaired) electrons. The Morgan fingerprint density at radius 1 is 1.23 bits per heavy atom. The summed E-state index contributed by atoms with van der Waals surface area (Å²) in [5.74, 6) is 0.0760. The summed E-state index contributed by atoms with van der Waals surface area (Å²) >= 11 is 0. The smallest absolute Gasteiger partial charge is 0.225 e. The van der Waals surface area contributed by atoms with Gasteiger partial charge in [0, 0.05) is 20.2 Å². The van der Waals surface area contributed by atoms with Gasteiger partial charge in [-0.25, -0.2) is 0 Å². The van der Waals surface area contributed by atoms with Crippen molar-refractivity contribution in [1.82, 2.24) is 4.90 Å². The van der Waals surface area contributed by atoms with Crippen LogP contribution in [0.15, 0.2) is 30.3 Å². The molecule has 0 bridgehead atoms. The highest BCUT2D eigenvalue weighted by atomic mass is 16.5. The molecule has 1 saturated carbocycles. The number of carbonyl (C=O) groups excluding carboxylic acids is 1. The lowest BCUT2D eigenvalue weighted by molar-refractivity contribution is -0.146. The van der Waals surface area contributed by atoms with Crippen molar-refractivity contribution in [3.05, 3.63) is 35.9 Å². The van der Waals surface area contributed by atoms with Crippen LogP contribution < -0.4 is 0 Å². The Morgan fingerprint density at radius 3 is 2.45 bits per heavy atom. The highest BCUT2D eigenvalue weighted by Gasteiger charge is 2.47. The predicted molar refractivity (Wildman–Crippen MR) is 84.6 cm³/mol. The monoisotopic (exact) mass is 303 g/mol. The summed E-state index contributed by atoms with van der Waals surface area (Å²) in [7, 11) is 1.70. The Kier molecular flexibility index (Phi) is 4.24. The first kappa shape index (κ1) is 15.5. The second kappa shape index (κ2) is 6.01. The van der Waals surface area contributed by atoms with E-state index in [1.165, 1.54) is 5.56 Å². The van der Waals surface area contributed by atoms with Crippen LogP contribution in [-0.2, 0) is 14.9 Å². The number of amides is 1. The molecule has 1 heterocycles. The van der Waals surface area contributed by atoms with Crippen LogP contribution in [0.25, 0.3) is 0 Å². The van der Waals surface area contributed by atoms with Crippen molar-refractivity contribution in [1.29, 1.82) is 0 Å². The molecule has 0 spiro atoms. The summed E-state index contributed by atoms with van der Waals surface area (Å²) in [5, 5.41) is 10.4. The molecule has 0 unspecified atom stereocenters. The van der Waals surface area contributed by atoms with Crippen molar-refractivity contribution in [3.8, 4) is 0 Å². The van der Waals surface area contributed by atoms with Crippen LogP contribution in [0.1, 0.15) is 37.7 Å². The molecule has 2 fully saturated rings. The number of hydrogen-bond acceptors (Lipinski definition) is 3. The van der Waals surface area contributed by atoms with Crippen molar-refractivity contribution in [2.24, 2.45) is 0 Å². The molecule has 3 rings (SSSR count). The number of likely N-dealkylation sites (tertiary alicyclic amines) is 1. The van der Waals surface area contributed by atoms with Gasteiger partial charge in [0.05, 0.1) is 24.0 Å². The maximum absolute atomic E-state index is 12.4. The summed E-state index contributed by atoms with van der Waals surface area (Å²) in [4.78, 5) is 14.3. The Morgan fingerprint density at radius 2 is 1.86 bits per heavy atom. The number of rotatable bonds is 5. The molecule has 1 amide bonds. The van der Waals surface area contributed by atoms with E-state index in [4.69, 9.17) is 4.74 Å². The number of aliphatic hydroxyl groups is 1. The third-order valence-electron chi connectivity index (χ3n) is 5.16. The van der Waals surface area contributed by atoms with E-state index < -0.39 is 5.60 Å². The first-order valence-corrected chi connectivity index (χ1v) is 8.12. The molecule has 1 N–H and O–H groups in total. The zero-order chi connectivity index (χ0) is 15.6. The van der Waals surface area contributed by atoms with Crippen molar-refractivity contribution in [2.75, 3.05) is 26.8 Å². The Balaban J connectivity index is 1.64.